The van der Waals surface area contributed by atoms with Crippen LogP contribution in [0.15, 0.2) is 24.3 Å². The smallest absolute Gasteiger partial charge is 0.165 e. The van der Waals surface area contributed by atoms with Gasteiger partial charge in [0.05, 0.1) is 13.2 Å². The molecule has 4 nitrogen and oxygen atoms in total. The van der Waals surface area contributed by atoms with Crippen LogP contribution in [0.2, 0.25) is 0 Å². The molecule has 0 aliphatic heterocycles. The van der Waals surface area contributed by atoms with Crippen LogP contribution in [0.4, 0.5) is 0 Å². The maximum absolute atomic E-state index is 10.7. The van der Waals surface area contributed by atoms with Gasteiger partial charge in [-0.25, -0.2) is 0 Å². The predicted molar refractivity (Wildman–Crippen MR) is 115 cm³/mol. The van der Waals surface area contributed by atoms with Crippen LogP contribution in [0.3, 0.4) is 0 Å². The summed E-state index contributed by atoms with van der Waals surface area (Å²) in [5.41, 5.74) is 3.94. The lowest BCUT2D eigenvalue weighted by atomic mass is 9.72. The molecule has 4 rings (SSSR count). The molecule has 29 heavy (non-hydrogen) atoms. The second-order valence-corrected chi connectivity index (χ2v) is 9.74. The SMILES string of the molecule is CCOc1c(O)ccc2c1C1(CC2(C)C)CC(C)(C)c2ccc(O)c(OCC)c21. The molecule has 0 fully saturated rings. The first-order valence-electron chi connectivity index (χ1n) is 10.6. The monoisotopic (exact) mass is 396 g/mol. The molecule has 2 aliphatic rings. The van der Waals surface area contributed by atoms with Crippen molar-refractivity contribution in [1.82, 2.24) is 0 Å². The summed E-state index contributed by atoms with van der Waals surface area (Å²) in [4.78, 5) is 0. The lowest BCUT2D eigenvalue weighted by Gasteiger charge is -2.32. The van der Waals surface area contributed by atoms with Gasteiger partial charge in [0.2, 0.25) is 0 Å². The van der Waals surface area contributed by atoms with E-state index < -0.39 is 0 Å². The summed E-state index contributed by atoms with van der Waals surface area (Å²) in [5.74, 6) is 1.49. The standard InChI is InChI=1S/C25H32O4/c1-7-28-21-17(26)11-9-15-19(21)25(13-23(15,3)4)14-24(5,6)16-10-12-18(27)22(20(16)25)29-8-2/h9-12,26-27H,7-8,13-14H2,1-6H3. The molecule has 0 saturated carbocycles. The van der Waals surface area contributed by atoms with Gasteiger partial charge in [-0.05, 0) is 60.8 Å². The van der Waals surface area contributed by atoms with Crippen LogP contribution in [-0.4, -0.2) is 23.4 Å². The highest BCUT2D eigenvalue weighted by atomic mass is 16.5. The minimum atomic E-state index is -0.385. The van der Waals surface area contributed by atoms with Crippen LogP contribution in [0.1, 0.15) is 76.6 Å². The summed E-state index contributed by atoms with van der Waals surface area (Å²) < 4.78 is 12.0. The fourth-order valence-corrected chi connectivity index (χ4v) is 6.04. The van der Waals surface area contributed by atoms with Gasteiger partial charge >= 0.3 is 0 Å². The van der Waals surface area contributed by atoms with Gasteiger partial charge in [-0.2, -0.15) is 0 Å². The number of phenolic OH excluding ortho intramolecular Hbond substituents is 2. The Hall–Kier alpha value is -2.36. The third-order valence-corrected chi connectivity index (χ3v) is 6.75. The van der Waals surface area contributed by atoms with Crippen molar-refractivity contribution in [3.05, 3.63) is 46.5 Å². The molecular weight excluding hydrogens is 364 g/mol. The van der Waals surface area contributed by atoms with E-state index in [0.717, 1.165) is 24.0 Å². The highest BCUT2D eigenvalue weighted by Gasteiger charge is 2.59. The normalized spacial score (nSPS) is 19.8. The molecule has 0 atom stereocenters. The Labute approximate surface area is 173 Å². The zero-order valence-corrected chi connectivity index (χ0v) is 18.3. The second-order valence-electron chi connectivity index (χ2n) is 9.74. The number of aromatic hydroxyl groups is 2. The number of fused-ring (bicyclic) bond motifs is 4. The molecule has 1 spiro atoms. The zero-order valence-electron chi connectivity index (χ0n) is 18.3. The van der Waals surface area contributed by atoms with Crippen molar-refractivity contribution in [2.45, 2.75) is 70.6 Å². The van der Waals surface area contributed by atoms with Gasteiger partial charge in [-0.3, -0.25) is 0 Å². The van der Waals surface area contributed by atoms with Crippen LogP contribution in [0.25, 0.3) is 0 Å². The van der Waals surface area contributed by atoms with E-state index in [2.05, 4.69) is 27.7 Å². The van der Waals surface area contributed by atoms with E-state index in [1.165, 1.54) is 11.1 Å². The van der Waals surface area contributed by atoms with E-state index in [1.807, 2.05) is 26.0 Å². The number of hydrogen-bond donors (Lipinski definition) is 2. The highest BCUT2D eigenvalue weighted by molar-refractivity contribution is 5.70. The van der Waals surface area contributed by atoms with Gasteiger partial charge in [0.15, 0.2) is 23.0 Å². The van der Waals surface area contributed by atoms with Gasteiger partial charge < -0.3 is 19.7 Å². The Morgan fingerprint density at radius 3 is 1.45 bits per heavy atom. The molecule has 2 N–H and O–H groups in total. The van der Waals surface area contributed by atoms with Crippen molar-refractivity contribution < 1.29 is 19.7 Å². The third-order valence-electron chi connectivity index (χ3n) is 6.75. The highest BCUT2D eigenvalue weighted by Crippen LogP contribution is 2.67. The second kappa shape index (κ2) is 6.32. The summed E-state index contributed by atoms with van der Waals surface area (Å²) in [5, 5.41) is 21.4. The molecule has 0 saturated heterocycles. The number of hydrogen-bond acceptors (Lipinski definition) is 4. The van der Waals surface area contributed by atoms with E-state index in [0.29, 0.717) is 24.7 Å². The van der Waals surface area contributed by atoms with Crippen molar-refractivity contribution in [3.8, 4) is 23.0 Å². The van der Waals surface area contributed by atoms with Gasteiger partial charge in [-0.1, -0.05) is 39.8 Å². The summed E-state index contributed by atoms with van der Waals surface area (Å²) in [6.07, 6.45) is 1.75. The Morgan fingerprint density at radius 2 is 1.10 bits per heavy atom. The van der Waals surface area contributed by atoms with E-state index >= 15 is 0 Å². The molecule has 0 amide bonds. The summed E-state index contributed by atoms with van der Waals surface area (Å²) >= 11 is 0. The summed E-state index contributed by atoms with van der Waals surface area (Å²) in [7, 11) is 0. The molecule has 0 heterocycles. The predicted octanol–water partition coefficient (Wildman–Crippen LogP) is 5.54. The van der Waals surface area contributed by atoms with Crippen LogP contribution >= 0.6 is 0 Å². The molecule has 4 heteroatoms. The average Bonchev–Trinajstić information content (AvgIpc) is 2.99. The topological polar surface area (TPSA) is 58.9 Å². The third kappa shape index (κ3) is 2.64. The molecule has 156 valence electrons. The number of ether oxygens (including phenoxy) is 2. The summed E-state index contributed by atoms with van der Waals surface area (Å²) in [6, 6.07) is 7.57. The maximum atomic E-state index is 10.7. The van der Waals surface area contributed by atoms with Crippen LogP contribution in [0, 0.1) is 0 Å². The van der Waals surface area contributed by atoms with Crippen molar-refractivity contribution in [1.29, 1.82) is 0 Å². The number of rotatable bonds is 4. The Kier molecular flexibility index (Phi) is 4.34. The van der Waals surface area contributed by atoms with Crippen LogP contribution < -0.4 is 9.47 Å². The minimum Gasteiger partial charge on any atom is -0.504 e. The Bertz CT molecular complexity index is 892. The van der Waals surface area contributed by atoms with Crippen LogP contribution in [0.5, 0.6) is 23.0 Å². The molecule has 2 aliphatic carbocycles. The molecule has 2 aromatic rings. The van der Waals surface area contributed by atoms with E-state index in [9.17, 15) is 10.2 Å². The molecular formula is C25H32O4. The first-order valence-corrected chi connectivity index (χ1v) is 10.6. The first-order chi connectivity index (χ1) is 13.6. The van der Waals surface area contributed by atoms with Gasteiger partial charge in [0, 0.05) is 16.5 Å². The van der Waals surface area contributed by atoms with Gasteiger partial charge in [0.25, 0.3) is 0 Å². The summed E-state index contributed by atoms with van der Waals surface area (Å²) in [6.45, 7) is 13.8. The van der Waals surface area contributed by atoms with Gasteiger partial charge in [-0.15, -0.1) is 0 Å². The minimum absolute atomic E-state index is 0.0957. The Morgan fingerprint density at radius 1 is 0.724 bits per heavy atom. The van der Waals surface area contributed by atoms with E-state index in [4.69, 9.17) is 9.47 Å². The van der Waals surface area contributed by atoms with Crippen molar-refractivity contribution >= 4 is 0 Å². The van der Waals surface area contributed by atoms with Crippen molar-refractivity contribution in [2.24, 2.45) is 0 Å². The fraction of sp³-hybridized carbons (Fsp3) is 0.520. The molecule has 2 aromatic carbocycles. The van der Waals surface area contributed by atoms with Gasteiger partial charge in [0.1, 0.15) is 0 Å². The first kappa shape index (κ1) is 19.9. The lowest BCUT2D eigenvalue weighted by Crippen LogP contribution is -2.28. The molecule has 0 unspecified atom stereocenters. The number of benzene rings is 2. The maximum Gasteiger partial charge on any atom is 0.165 e. The fourth-order valence-electron chi connectivity index (χ4n) is 6.04. The van der Waals surface area contributed by atoms with E-state index in [-0.39, 0.29) is 27.7 Å². The Balaban J connectivity index is 2.12. The van der Waals surface area contributed by atoms with E-state index in [1.54, 1.807) is 12.1 Å². The molecule has 0 aromatic heterocycles. The largest absolute Gasteiger partial charge is 0.504 e. The molecule has 0 radical (unpaired) electrons. The lowest BCUT2D eigenvalue weighted by molar-refractivity contribution is 0.288. The van der Waals surface area contributed by atoms with Crippen LogP contribution in [-0.2, 0) is 16.2 Å². The zero-order chi connectivity index (χ0) is 21.2. The quantitative estimate of drug-likeness (QED) is 0.712. The average molecular weight is 397 g/mol. The van der Waals surface area contributed by atoms with Crippen molar-refractivity contribution in [3.63, 3.8) is 0 Å². The van der Waals surface area contributed by atoms with Crippen molar-refractivity contribution in [2.75, 3.05) is 13.2 Å². The molecule has 0 bridgehead atoms. The number of phenols is 2.